The van der Waals surface area contributed by atoms with Crippen molar-refractivity contribution in [3.05, 3.63) is 30.1 Å². The van der Waals surface area contributed by atoms with Crippen LogP contribution in [0.15, 0.2) is 29.2 Å². The van der Waals surface area contributed by atoms with E-state index in [0.29, 0.717) is 25.3 Å². The molecule has 7 nitrogen and oxygen atoms in total. The summed E-state index contributed by atoms with van der Waals surface area (Å²) in [5.41, 5.74) is 0. The second kappa shape index (κ2) is 10.7. The van der Waals surface area contributed by atoms with Crippen molar-refractivity contribution >= 4 is 21.8 Å². The number of hydrogen-bond acceptors (Lipinski definition) is 4. The molecule has 1 aliphatic rings. The summed E-state index contributed by atoms with van der Waals surface area (Å²) in [7, 11) is -3.68. The maximum Gasteiger partial charge on any atom is 0.240 e. The van der Waals surface area contributed by atoms with Crippen molar-refractivity contribution in [2.75, 3.05) is 19.6 Å². The van der Waals surface area contributed by atoms with E-state index >= 15 is 0 Å². The molecule has 2 rings (SSSR count). The third-order valence-corrected chi connectivity index (χ3v) is 6.47. The van der Waals surface area contributed by atoms with Crippen LogP contribution in [-0.2, 0) is 19.6 Å². The molecule has 162 valence electrons. The summed E-state index contributed by atoms with van der Waals surface area (Å²) >= 11 is 0. The number of nitrogens with one attached hydrogen (secondary N) is 3. The number of benzene rings is 1. The Morgan fingerprint density at radius 3 is 2.28 bits per heavy atom. The lowest BCUT2D eigenvalue weighted by Crippen LogP contribution is -2.41. The molecule has 0 aromatic heterocycles. The maximum absolute atomic E-state index is 13.0. The van der Waals surface area contributed by atoms with E-state index in [0.717, 1.165) is 25.0 Å². The zero-order valence-corrected chi connectivity index (χ0v) is 17.7. The first kappa shape index (κ1) is 23.3. The van der Waals surface area contributed by atoms with E-state index < -0.39 is 15.8 Å². The largest absolute Gasteiger partial charge is 0.354 e. The van der Waals surface area contributed by atoms with Crippen molar-refractivity contribution in [3.63, 3.8) is 0 Å². The van der Waals surface area contributed by atoms with Crippen molar-refractivity contribution in [2.45, 2.75) is 44.4 Å². The van der Waals surface area contributed by atoms with E-state index in [-0.39, 0.29) is 41.6 Å². The zero-order valence-electron chi connectivity index (χ0n) is 16.9. The predicted octanol–water partition coefficient (Wildman–Crippen LogP) is 1.80. The fraction of sp³-hybridized carbons (Fsp3) is 0.600. The molecule has 3 N–H and O–H groups in total. The monoisotopic (exact) mass is 427 g/mol. The molecule has 1 fully saturated rings. The van der Waals surface area contributed by atoms with Crippen LogP contribution in [0.3, 0.4) is 0 Å². The SMILES string of the molecule is CC(C)CNC(=O)CNC(=O)C1CCC(CNS(=O)(=O)c2ccc(F)cc2)CC1. The average Bonchev–Trinajstić information content (AvgIpc) is 2.69. The van der Waals surface area contributed by atoms with Gasteiger partial charge in [-0.25, -0.2) is 17.5 Å². The topological polar surface area (TPSA) is 104 Å². The van der Waals surface area contributed by atoms with Gasteiger partial charge in [-0.3, -0.25) is 9.59 Å². The lowest BCUT2D eigenvalue weighted by Gasteiger charge is -2.27. The Bertz CT molecular complexity index is 788. The number of carbonyl (C=O) groups excluding carboxylic acids is 2. The Kier molecular flexibility index (Phi) is 8.58. The highest BCUT2D eigenvalue weighted by atomic mass is 32.2. The minimum absolute atomic E-state index is 0.0249. The third-order valence-electron chi connectivity index (χ3n) is 5.03. The molecule has 0 unspecified atom stereocenters. The van der Waals surface area contributed by atoms with E-state index in [1.165, 1.54) is 12.1 Å². The number of hydrogen-bond donors (Lipinski definition) is 3. The molecule has 0 heterocycles. The molecule has 2 amide bonds. The quantitative estimate of drug-likeness (QED) is 0.559. The van der Waals surface area contributed by atoms with Crippen LogP contribution in [0.1, 0.15) is 39.5 Å². The fourth-order valence-corrected chi connectivity index (χ4v) is 4.36. The van der Waals surface area contributed by atoms with Crippen LogP contribution < -0.4 is 15.4 Å². The molecule has 9 heteroatoms. The van der Waals surface area contributed by atoms with Crippen molar-refractivity contribution in [1.82, 2.24) is 15.4 Å². The number of sulfonamides is 1. The molecule has 1 aromatic carbocycles. The Labute approximate surface area is 171 Å². The van der Waals surface area contributed by atoms with E-state index in [4.69, 9.17) is 0 Å². The minimum atomic E-state index is -3.68. The van der Waals surface area contributed by atoms with Gasteiger partial charge in [0.05, 0.1) is 11.4 Å². The Morgan fingerprint density at radius 2 is 1.69 bits per heavy atom. The van der Waals surface area contributed by atoms with Gasteiger partial charge in [0.2, 0.25) is 21.8 Å². The predicted molar refractivity (Wildman–Crippen MR) is 108 cm³/mol. The molecule has 1 aromatic rings. The van der Waals surface area contributed by atoms with Gasteiger partial charge in [-0.15, -0.1) is 0 Å². The molecular weight excluding hydrogens is 397 g/mol. The number of amides is 2. The van der Waals surface area contributed by atoms with Crippen molar-refractivity contribution in [1.29, 1.82) is 0 Å². The van der Waals surface area contributed by atoms with Gasteiger partial charge < -0.3 is 10.6 Å². The first-order chi connectivity index (χ1) is 13.7. The van der Waals surface area contributed by atoms with Crippen LogP contribution in [0.25, 0.3) is 0 Å². The van der Waals surface area contributed by atoms with Gasteiger partial charge >= 0.3 is 0 Å². The smallest absolute Gasteiger partial charge is 0.240 e. The second-order valence-electron chi connectivity index (χ2n) is 7.94. The summed E-state index contributed by atoms with van der Waals surface area (Å²) in [4.78, 5) is 24.0. The van der Waals surface area contributed by atoms with E-state index in [1.54, 1.807) is 0 Å². The number of carbonyl (C=O) groups is 2. The van der Waals surface area contributed by atoms with E-state index in [9.17, 15) is 22.4 Å². The van der Waals surface area contributed by atoms with Crippen LogP contribution in [0, 0.1) is 23.6 Å². The van der Waals surface area contributed by atoms with Gasteiger partial charge in [0.25, 0.3) is 0 Å². The third kappa shape index (κ3) is 7.74. The normalized spacial score (nSPS) is 19.7. The lowest BCUT2D eigenvalue weighted by molar-refractivity contribution is -0.129. The molecule has 0 spiro atoms. The fourth-order valence-electron chi connectivity index (χ4n) is 3.25. The Balaban J connectivity index is 1.71. The van der Waals surface area contributed by atoms with Gasteiger partial charge in [-0.2, -0.15) is 0 Å². The summed E-state index contributed by atoms with van der Waals surface area (Å²) in [6.07, 6.45) is 2.76. The van der Waals surface area contributed by atoms with Crippen LogP contribution in [0.4, 0.5) is 4.39 Å². The summed E-state index contributed by atoms with van der Waals surface area (Å²) in [6, 6.07) is 4.69. The summed E-state index contributed by atoms with van der Waals surface area (Å²) in [5, 5.41) is 5.44. The molecule has 0 bridgehead atoms. The van der Waals surface area contributed by atoms with Crippen LogP contribution in [0.5, 0.6) is 0 Å². The zero-order chi connectivity index (χ0) is 21.4. The first-order valence-corrected chi connectivity index (χ1v) is 11.5. The van der Waals surface area contributed by atoms with Gasteiger partial charge in [-0.05, 0) is 61.8 Å². The molecule has 0 saturated heterocycles. The second-order valence-corrected chi connectivity index (χ2v) is 9.71. The van der Waals surface area contributed by atoms with Crippen molar-refractivity contribution in [2.24, 2.45) is 17.8 Å². The number of rotatable bonds is 9. The Hall–Kier alpha value is -2.00. The van der Waals surface area contributed by atoms with Gasteiger partial charge in [0.1, 0.15) is 5.82 Å². The highest BCUT2D eigenvalue weighted by Crippen LogP contribution is 2.28. The first-order valence-electron chi connectivity index (χ1n) is 9.97. The highest BCUT2D eigenvalue weighted by Gasteiger charge is 2.27. The van der Waals surface area contributed by atoms with E-state index in [2.05, 4.69) is 15.4 Å². The van der Waals surface area contributed by atoms with Gasteiger partial charge in [0, 0.05) is 19.0 Å². The standard InChI is InChI=1S/C20H30FN3O4S/c1-14(2)11-22-19(25)13-23-20(26)16-5-3-15(4-6-16)12-24-29(27,28)18-9-7-17(21)8-10-18/h7-10,14-16,24H,3-6,11-13H2,1-2H3,(H,22,25)(H,23,26). The molecule has 1 saturated carbocycles. The molecule has 0 aliphatic heterocycles. The molecule has 0 atom stereocenters. The van der Waals surface area contributed by atoms with E-state index in [1.807, 2.05) is 13.8 Å². The Morgan fingerprint density at radius 1 is 1.07 bits per heavy atom. The van der Waals surface area contributed by atoms with Crippen LogP contribution in [0.2, 0.25) is 0 Å². The molecule has 29 heavy (non-hydrogen) atoms. The minimum Gasteiger partial charge on any atom is -0.354 e. The van der Waals surface area contributed by atoms with Crippen LogP contribution in [-0.4, -0.2) is 39.9 Å². The molecule has 1 aliphatic carbocycles. The molecular formula is C20H30FN3O4S. The van der Waals surface area contributed by atoms with Gasteiger partial charge in [-0.1, -0.05) is 13.8 Å². The van der Waals surface area contributed by atoms with Crippen LogP contribution >= 0.6 is 0 Å². The lowest BCUT2D eigenvalue weighted by atomic mass is 9.81. The highest BCUT2D eigenvalue weighted by molar-refractivity contribution is 7.89. The number of halogens is 1. The van der Waals surface area contributed by atoms with Crippen molar-refractivity contribution < 1.29 is 22.4 Å². The summed E-state index contributed by atoms with van der Waals surface area (Å²) < 4.78 is 40.1. The average molecular weight is 428 g/mol. The van der Waals surface area contributed by atoms with Gasteiger partial charge in [0.15, 0.2) is 0 Å². The maximum atomic E-state index is 13.0. The summed E-state index contributed by atoms with van der Waals surface area (Å²) in [5.74, 6) is -0.476. The van der Waals surface area contributed by atoms with Crippen molar-refractivity contribution in [3.8, 4) is 0 Å². The summed E-state index contributed by atoms with van der Waals surface area (Å²) in [6.45, 7) is 4.83. The molecule has 0 radical (unpaired) electrons.